The van der Waals surface area contributed by atoms with Crippen LogP contribution < -0.4 is 0 Å². The third-order valence-corrected chi connectivity index (χ3v) is 1.86. The van der Waals surface area contributed by atoms with E-state index in [9.17, 15) is 18.0 Å². The van der Waals surface area contributed by atoms with Gasteiger partial charge in [0.25, 0.3) is 0 Å². The van der Waals surface area contributed by atoms with E-state index < -0.39 is 24.0 Å². The summed E-state index contributed by atoms with van der Waals surface area (Å²) in [6, 6.07) is 0. The summed E-state index contributed by atoms with van der Waals surface area (Å²) in [6.07, 6.45) is -2.07. The van der Waals surface area contributed by atoms with Gasteiger partial charge in [0.1, 0.15) is 0 Å². The molecule has 0 radical (unpaired) electrons. The van der Waals surface area contributed by atoms with E-state index in [0.717, 1.165) is 13.0 Å². The lowest BCUT2D eigenvalue weighted by Gasteiger charge is -2.11. The Kier molecular flexibility index (Phi) is 5.39. The number of alkyl halides is 3. The molecule has 0 heterocycles. The van der Waals surface area contributed by atoms with Crippen molar-refractivity contribution in [2.75, 3.05) is 6.61 Å². The van der Waals surface area contributed by atoms with E-state index in [1.54, 1.807) is 6.92 Å². The summed E-state index contributed by atoms with van der Waals surface area (Å²) in [4.78, 5) is 11.1. The number of carbonyl (C=O) groups excluding carboxylic acids is 1. The van der Waals surface area contributed by atoms with Crippen LogP contribution in [0, 0.1) is 11.8 Å². The molecule has 2 nitrogen and oxygen atoms in total. The molecule has 0 saturated heterocycles. The van der Waals surface area contributed by atoms with Crippen molar-refractivity contribution in [1.82, 2.24) is 0 Å². The van der Waals surface area contributed by atoms with Crippen LogP contribution in [-0.2, 0) is 9.53 Å². The molecule has 0 fully saturated rings. The standard InChI is InChI=1S/C10H15F3O2/c1-4-15-9(14)7(2)5-6-8(3)10(11,12)13/h5-8H,4H2,1-3H3/b6-5-/t7-,8-/m1/s1. The van der Waals surface area contributed by atoms with Gasteiger partial charge in [0, 0.05) is 0 Å². The molecule has 0 rings (SSSR count). The summed E-state index contributed by atoms with van der Waals surface area (Å²) in [5.41, 5.74) is 0. The summed E-state index contributed by atoms with van der Waals surface area (Å²) in [7, 11) is 0. The first-order valence-electron chi connectivity index (χ1n) is 4.70. The van der Waals surface area contributed by atoms with E-state index in [-0.39, 0.29) is 6.61 Å². The molecule has 2 atom stereocenters. The summed E-state index contributed by atoms with van der Waals surface area (Å²) in [5, 5.41) is 0. The molecule has 0 aromatic rings. The van der Waals surface area contributed by atoms with Crippen molar-refractivity contribution in [3.63, 3.8) is 0 Å². The van der Waals surface area contributed by atoms with Crippen LogP contribution in [-0.4, -0.2) is 18.8 Å². The molecule has 0 aromatic heterocycles. The average molecular weight is 224 g/mol. The molecule has 0 amide bonds. The summed E-state index contributed by atoms with van der Waals surface area (Å²) in [5.74, 6) is -2.70. The Labute approximate surface area is 87.1 Å². The van der Waals surface area contributed by atoms with E-state index in [1.807, 2.05) is 0 Å². The van der Waals surface area contributed by atoms with E-state index in [2.05, 4.69) is 4.74 Å². The molecule has 0 aromatic carbocycles. The molecule has 88 valence electrons. The second kappa shape index (κ2) is 5.78. The number of hydrogen-bond acceptors (Lipinski definition) is 2. The third kappa shape index (κ3) is 5.44. The lowest BCUT2D eigenvalue weighted by atomic mass is 10.1. The second-order valence-corrected chi connectivity index (χ2v) is 3.26. The fourth-order valence-corrected chi connectivity index (χ4v) is 0.795. The Morgan fingerprint density at radius 3 is 2.27 bits per heavy atom. The van der Waals surface area contributed by atoms with Crippen LogP contribution in [0.1, 0.15) is 20.8 Å². The molecule has 0 saturated carbocycles. The zero-order valence-electron chi connectivity index (χ0n) is 8.97. The zero-order chi connectivity index (χ0) is 12.1. The zero-order valence-corrected chi connectivity index (χ0v) is 8.97. The highest BCUT2D eigenvalue weighted by molar-refractivity contribution is 5.73. The number of rotatable bonds is 4. The number of halogens is 3. The van der Waals surface area contributed by atoms with E-state index in [1.165, 1.54) is 13.0 Å². The lowest BCUT2D eigenvalue weighted by Crippen LogP contribution is -2.18. The van der Waals surface area contributed by atoms with Crippen LogP contribution in [0.15, 0.2) is 12.2 Å². The van der Waals surface area contributed by atoms with Gasteiger partial charge >= 0.3 is 12.1 Å². The normalized spacial score (nSPS) is 16.4. The number of hydrogen-bond donors (Lipinski definition) is 0. The Bertz CT molecular complexity index is 233. The first-order valence-corrected chi connectivity index (χ1v) is 4.70. The van der Waals surface area contributed by atoms with E-state index in [0.29, 0.717) is 0 Å². The van der Waals surface area contributed by atoms with Crippen LogP contribution in [0.5, 0.6) is 0 Å². The summed E-state index contributed by atoms with van der Waals surface area (Å²) >= 11 is 0. The van der Waals surface area contributed by atoms with E-state index >= 15 is 0 Å². The minimum atomic E-state index is -4.26. The molecular weight excluding hydrogens is 209 g/mol. The third-order valence-electron chi connectivity index (χ3n) is 1.86. The average Bonchev–Trinajstić information content (AvgIpc) is 2.12. The van der Waals surface area contributed by atoms with Crippen LogP contribution in [0.25, 0.3) is 0 Å². The van der Waals surface area contributed by atoms with Gasteiger partial charge in [0.15, 0.2) is 0 Å². The van der Waals surface area contributed by atoms with Gasteiger partial charge in [-0.15, -0.1) is 0 Å². The predicted molar refractivity (Wildman–Crippen MR) is 50.2 cm³/mol. The number of allylic oxidation sites excluding steroid dienone is 1. The number of ether oxygens (including phenoxy) is 1. The number of esters is 1. The van der Waals surface area contributed by atoms with Gasteiger partial charge in [0.2, 0.25) is 0 Å². The Morgan fingerprint density at radius 2 is 1.87 bits per heavy atom. The van der Waals surface area contributed by atoms with Crippen molar-refractivity contribution in [2.24, 2.45) is 11.8 Å². The molecule has 0 spiro atoms. The smallest absolute Gasteiger partial charge is 0.394 e. The van der Waals surface area contributed by atoms with Crippen molar-refractivity contribution in [3.8, 4) is 0 Å². The minimum absolute atomic E-state index is 0.228. The molecule has 5 heteroatoms. The quantitative estimate of drug-likeness (QED) is 0.542. The summed E-state index contributed by atoms with van der Waals surface area (Å²) in [6.45, 7) is 4.41. The van der Waals surface area contributed by atoms with Crippen LogP contribution >= 0.6 is 0 Å². The molecule has 0 aliphatic heterocycles. The van der Waals surface area contributed by atoms with Crippen molar-refractivity contribution < 1.29 is 22.7 Å². The molecule has 0 aliphatic rings. The molecule has 15 heavy (non-hydrogen) atoms. The summed E-state index contributed by atoms with van der Waals surface area (Å²) < 4.78 is 40.9. The SMILES string of the molecule is CCOC(=O)[C@H](C)/C=C\[C@@H](C)C(F)(F)F. The van der Waals surface area contributed by atoms with Gasteiger partial charge in [-0.05, 0) is 13.8 Å². The fraction of sp³-hybridized carbons (Fsp3) is 0.700. The van der Waals surface area contributed by atoms with Gasteiger partial charge in [0.05, 0.1) is 18.4 Å². The highest BCUT2D eigenvalue weighted by atomic mass is 19.4. The van der Waals surface area contributed by atoms with Gasteiger partial charge in [-0.1, -0.05) is 19.1 Å². The first-order chi connectivity index (χ1) is 6.79. The maximum Gasteiger partial charge on any atom is 0.394 e. The largest absolute Gasteiger partial charge is 0.466 e. The number of carbonyl (C=O) groups is 1. The Morgan fingerprint density at radius 1 is 1.33 bits per heavy atom. The first kappa shape index (κ1) is 14.0. The van der Waals surface area contributed by atoms with E-state index in [4.69, 9.17) is 0 Å². The van der Waals surface area contributed by atoms with Gasteiger partial charge in [-0.2, -0.15) is 13.2 Å². The monoisotopic (exact) mass is 224 g/mol. The predicted octanol–water partition coefficient (Wildman–Crippen LogP) is 2.94. The molecule has 0 bridgehead atoms. The van der Waals surface area contributed by atoms with Crippen molar-refractivity contribution in [1.29, 1.82) is 0 Å². The maximum absolute atomic E-state index is 12.1. The maximum atomic E-state index is 12.1. The molecule has 0 N–H and O–H groups in total. The van der Waals surface area contributed by atoms with Crippen LogP contribution in [0.3, 0.4) is 0 Å². The minimum Gasteiger partial charge on any atom is -0.466 e. The van der Waals surface area contributed by atoms with Crippen molar-refractivity contribution >= 4 is 5.97 Å². The highest BCUT2D eigenvalue weighted by Gasteiger charge is 2.33. The van der Waals surface area contributed by atoms with Gasteiger partial charge in [-0.25, -0.2) is 0 Å². The topological polar surface area (TPSA) is 26.3 Å². The van der Waals surface area contributed by atoms with Crippen molar-refractivity contribution in [3.05, 3.63) is 12.2 Å². The van der Waals surface area contributed by atoms with Gasteiger partial charge in [-0.3, -0.25) is 4.79 Å². The second-order valence-electron chi connectivity index (χ2n) is 3.26. The van der Waals surface area contributed by atoms with Crippen molar-refractivity contribution in [2.45, 2.75) is 26.9 Å². The lowest BCUT2D eigenvalue weighted by molar-refractivity contribution is -0.156. The van der Waals surface area contributed by atoms with Crippen LogP contribution in [0.2, 0.25) is 0 Å². The molecule has 0 unspecified atom stereocenters. The van der Waals surface area contributed by atoms with Crippen LogP contribution in [0.4, 0.5) is 13.2 Å². The highest BCUT2D eigenvalue weighted by Crippen LogP contribution is 2.26. The Balaban J connectivity index is 4.22. The molecular formula is C10H15F3O2. The molecule has 0 aliphatic carbocycles. The Hall–Kier alpha value is -1.00. The fourth-order valence-electron chi connectivity index (χ4n) is 0.795. The van der Waals surface area contributed by atoms with Gasteiger partial charge < -0.3 is 4.74 Å².